The van der Waals surface area contributed by atoms with E-state index in [1.807, 2.05) is 11.3 Å². The van der Waals surface area contributed by atoms with Gasteiger partial charge in [0.05, 0.1) is 3.79 Å². The van der Waals surface area contributed by atoms with E-state index < -0.39 is 0 Å². The van der Waals surface area contributed by atoms with Gasteiger partial charge in [-0.1, -0.05) is 6.92 Å². The second-order valence-corrected chi connectivity index (χ2v) is 8.74. The molecule has 0 aromatic carbocycles. The Balaban J connectivity index is 1.94. The molecule has 2 rings (SSSR count). The Morgan fingerprint density at radius 1 is 1.38 bits per heavy atom. The van der Waals surface area contributed by atoms with Crippen LogP contribution in [-0.4, -0.2) is 62.2 Å². The normalized spacial score (nSPS) is 22.6. The van der Waals surface area contributed by atoms with E-state index in [1.165, 1.54) is 41.1 Å². The van der Waals surface area contributed by atoms with Gasteiger partial charge < -0.3 is 15.1 Å². The molecule has 1 N–H and O–H groups in total. The van der Waals surface area contributed by atoms with Gasteiger partial charge in [0.25, 0.3) is 0 Å². The summed E-state index contributed by atoms with van der Waals surface area (Å²) < 4.78 is 1.24. The van der Waals surface area contributed by atoms with Gasteiger partial charge in [-0.15, -0.1) is 11.3 Å². The summed E-state index contributed by atoms with van der Waals surface area (Å²) in [5, 5.41) is 3.76. The third-order valence-electron chi connectivity index (χ3n) is 4.30. The van der Waals surface area contributed by atoms with Crippen LogP contribution in [0.15, 0.2) is 15.9 Å². The lowest BCUT2D eigenvalue weighted by molar-refractivity contribution is 0.101. The van der Waals surface area contributed by atoms with Gasteiger partial charge in [0, 0.05) is 36.6 Å². The zero-order valence-electron chi connectivity index (χ0n) is 13.4. The molecule has 0 saturated carbocycles. The van der Waals surface area contributed by atoms with Crippen LogP contribution in [0.5, 0.6) is 0 Å². The van der Waals surface area contributed by atoms with Crippen molar-refractivity contribution < 1.29 is 0 Å². The number of nitrogens with zero attached hydrogens (tertiary/aromatic N) is 2. The molecule has 5 heteroatoms. The van der Waals surface area contributed by atoms with E-state index in [1.54, 1.807) is 0 Å². The highest BCUT2D eigenvalue weighted by Crippen LogP contribution is 2.24. The van der Waals surface area contributed by atoms with Crippen LogP contribution >= 0.6 is 27.3 Å². The molecule has 1 fully saturated rings. The lowest BCUT2D eigenvalue weighted by atomic mass is 10.00. The van der Waals surface area contributed by atoms with Crippen molar-refractivity contribution in [2.45, 2.75) is 38.3 Å². The Morgan fingerprint density at radius 3 is 2.86 bits per heavy atom. The molecule has 1 aromatic rings. The minimum Gasteiger partial charge on any atom is -0.314 e. The van der Waals surface area contributed by atoms with Crippen LogP contribution in [-0.2, 0) is 6.42 Å². The van der Waals surface area contributed by atoms with Crippen LogP contribution in [0, 0.1) is 0 Å². The quantitative estimate of drug-likeness (QED) is 0.792. The van der Waals surface area contributed by atoms with E-state index in [-0.39, 0.29) is 0 Å². The second-order valence-electron chi connectivity index (χ2n) is 6.19. The molecular weight excluding hydrogens is 346 g/mol. The molecule has 0 spiro atoms. The first-order valence-electron chi connectivity index (χ1n) is 7.95. The van der Waals surface area contributed by atoms with Crippen molar-refractivity contribution in [1.82, 2.24) is 15.1 Å². The molecule has 1 aromatic heterocycles. The molecule has 1 saturated heterocycles. The zero-order chi connectivity index (χ0) is 15.2. The number of hydrogen-bond donors (Lipinski definition) is 1. The molecule has 3 nitrogen and oxygen atoms in total. The maximum Gasteiger partial charge on any atom is 0.0701 e. The summed E-state index contributed by atoms with van der Waals surface area (Å²) >= 11 is 5.44. The van der Waals surface area contributed by atoms with E-state index >= 15 is 0 Å². The monoisotopic (exact) mass is 373 g/mol. The van der Waals surface area contributed by atoms with Crippen LogP contribution in [0.25, 0.3) is 0 Å². The van der Waals surface area contributed by atoms with E-state index in [4.69, 9.17) is 0 Å². The fourth-order valence-corrected chi connectivity index (χ4v) is 4.54. The van der Waals surface area contributed by atoms with E-state index in [0.29, 0.717) is 12.1 Å². The number of rotatable bonds is 7. The molecule has 0 bridgehead atoms. The molecule has 1 aliphatic rings. The molecule has 2 atom stereocenters. The van der Waals surface area contributed by atoms with Gasteiger partial charge in [0.2, 0.25) is 0 Å². The fourth-order valence-electron chi connectivity index (χ4n) is 2.98. The topological polar surface area (TPSA) is 18.5 Å². The summed E-state index contributed by atoms with van der Waals surface area (Å²) in [6.45, 7) is 6.93. The zero-order valence-corrected chi connectivity index (χ0v) is 15.8. The van der Waals surface area contributed by atoms with Crippen molar-refractivity contribution in [3.05, 3.63) is 20.8 Å². The molecule has 0 amide bonds. The van der Waals surface area contributed by atoms with Crippen LogP contribution in [0.3, 0.4) is 0 Å². The molecule has 21 heavy (non-hydrogen) atoms. The van der Waals surface area contributed by atoms with E-state index in [2.05, 4.69) is 64.2 Å². The minimum atomic E-state index is 0.578. The summed E-state index contributed by atoms with van der Waals surface area (Å²) in [5.74, 6) is 0. The molecule has 1 aliphatic heterocycles. The van der Waals surface area contributed by atoms with Gasteiger partial charge >= 0.3 is 0 Å². The van der Waals surface area contributed by atoms with Crippen LogP contribution in [0.1, 0.15) is 24.6 Å². The average Bonchev–Trinajstić information content (AvgIpc) is 2.85. The molecule has 2 unspecified atom stereocenters. The smallest absolute Gasteiger partial charge is 0.0701 e. The number of piperazine rings is 1. The predicted molar refractivity (Wildman–Crippen MR) is 96.3 cm³/mol. The Morgan fingerprint density at radius 2 is 2.19 bits per heavy atom. The minimum absolute atomic E-state index is 0.578. The molecule has 2 heterocycles. The lowest BCUT2D eigenvalue weighted by Crippen LogP contribution is -2.52. The number of likely N-dealkylation sites (N-methyl/N-ethyl adjacent to an activating group) is 2. The van der Waals surface area contributed by atoms with Crippen LogP contribution in [0.4, 0.5) is 0 Å². The highest BCUT2D eigenvalue weighted by Gasteiger charge is 2.25. The lowest BCUT2D eigenvalue weighted by Gasteiger charge is -2.39. The van der Waals surface area contributed by atoms with Gasteiger partial charge in [-0.2, -0.15) is 0 Å². The first-order valence-corrected chi connectivity index (χ1v) is 9.55. The van der Waals surface area contributed by atoms with Crippen LogP contribution in [0.2, 0.25) is 0 Å². The maximum absolute atomic E-state index is 3.76. The maximum atomic E-state index is 3.76. The van der Waals surface area contributed by atoms with Crippen molar-refractivity contribution in [3.8, 4) is 0 Å². The molecule has 0 aliphatic carbocycles. The Hall–Kier alpha value is 0.0600. The van der Waals surface area contributed by atoms with Crippen molar-refractivity contribution in [2.24, 2.45) is 0 Å². The van der Waals surface area contributed by atoms with Gasteiger partial charge in [0.1, 0.15) is 0 Å². The summed E-state index contributed by atoms with van der Waals surface area (Å²) in [7, 11) is 4.52. The summed E-state index contributed by atoms with van der Waals surface area (Å²) in [4.78, 5) is 6.47. The Kier molecular flexibility index (Phi) is 7.16. The SMILES string of the molecule is CCCNC(Cc1ccc(Br)s1)CC1CN(C)CCN1C. The van der Waals surface area contributed by atoms with E-state index in [9.17, 15) is 0 Å². The van der Waals surface area contributed by atoms with Crippen LogP contribution < -0.4 is 5.32 Å². The Labute approximate surface area is 141 Å². The second kappa shape index (κ2) is 8.63. The molecular formula is C16H28BrN3S. The molecule has 0 radical (unpaired) electrons. The van der Waals surface area contributed by atoms with Gasteiger partial charge in [-0.3, -0.25) is 0 Å². The van der Waals surface area contributed by atoms with Gasteiger partial charge in [-0.25, -0.2) is 0 Å². The third kappa shape index (κ3) is 5.64. The first kappa shape index (κ1) is 17.4. The first-order chi connectivity index (χ1) is 10.1. The number of nitrogens with one attached hydrogen (secondary N) is 1. The predicted octanol–water partition coefficient (Wildman–Crippen LogP) is 3.06. The van der Waals surface area contributed by atoms with Crippen molar-refractivity contribution in [1.29, 1.82) is 0 Å². The number of hydrogen-bond acceptors (Lipinski definition) is 4. The third-order valence-corrected chi connectivity index (χ3v) is 5.94. The van der Waals surface area contributed by atoms with Crippen molar-refractivity contribution in [3.63, 3.8) is 0 Å². The summed E-state index contributed by atoms with van der Waals surface area (Å²) in [6.07, 6.45) is 3.58. The largest absolute Gasteiger partial charge is 0.314 e. The van der Waals surface area contributed by atoms with Crippen molar-refractivity contribution in [2.75, 3.05) is 40.3 Å². The fraction of sp³-hybridized carbons (Fsp3) is 0.750. The van der Waals surface area contributed by atoms with E-state index in [0.717, 1.165) is 13.0 Å². The summed E-state index contributed by atoms with van der Waals surface area (Å²) in [6, 6.07) is 5.67. The highest BCUT2D eigenvalue weighted by atomic mass is 79.9. The standard InChI is InChI=1S/C16H28BrN3S/c1-4-7-18-13(11-15-5-6-16(17)21-15)10-14-12-19(2)8-9-20(14)3/h5-6,13-14,18H,4,7-12H2,1-3H3. The summed E-state index contributed by atoms with van der Waals surface area (Å²) in [5.41, 5.74) is 0. The van der Waals surface area contributed by atoms with Crippen molar-refractivity contribution >= 4 is 27.3 Å². The van der Waals surface area contributed by atoms with Gasteiger partial charge in [-0.05, 0) is 68.0 Å². The number of halogens is 1. The molecule has 120 valence electrons. The van der Waals surface area contributed by atoms with Gasteiger partial charge in [0.15, 0.2) is 0 Å². The Bertz CT molecular complexity index is 423. The average molecular weight is 374 g/mol. The number of thiophene rings is 1. The highest BCUT2D eigenvalue weighted by molar-refractivity contribution is 9.11.